The van der Waals surface area contributed by atoms with E-state index >= 15 is 0 Å². The number of benzene rings is 1. The van der Waals surface area contributed by atoms with Gasteiger partial charge >= 0.3 is 0 Å². The first-order valence-electron chi connectivity index (χ1n) is 8.58. The maximum atomic E-state index is 14.2. The number of amides is 1. The zero-order chi connectivity index (χ0) is 17.1. The second-order valence-corrected chi connectivity index (χ2v) is 6.66. The van der Waals surface area contributed by atoms with E-state index in [2.05, 4.69) is 5.32 Å². The molecule has 0 aromatic heterocycles. The van der Waals surface area contributed by atoms with Crippen molar-refractivity contribution >= 4 is 42.2 Å². The molecule has 1 amide bonds. The number of piperazine rings is 1. The summed E-state index contributed by atoms with van der Waals surface area (Å²) in [5, 5.41) is 3.22. The number of hydrogen-bond donors (Lipinski definition) is 1. The van der Waals surface area contributed by atoms with E-state index in [1.54, 1.807) is 12.1 Å². The van der Waals surface area contributed by atoms with Crippen molar-refractivity contribution in [3.63, 3.8) is 0 Å². The van der Waals surface area contributed by atoms with Crippen molar-refractivity contribution in [2.75, 3.05) is 44.2 Å². The molecule has 1 aromatic rings. The van der Waals surface area contributed by atoms with Crippen molar-refractivity contribution in [1.82, 2.24) is 10.2 Å². The Morgan fingerprint density at radius 3 is 2.35 bits per heavy atom. The lowest BCUT2D eigenvalue weighted by Gasteiger charge is -2.36. The summed E-state index contributed by atoms with van der Waals surface area (Å²) in [4.78, 5) is 27.2. The first-order valence-corrected chi connectivity index (χ1v) is 8.58. The number of nitrogens with one attached hydrogen (secondary N) is 1. The fourth-order valence-electron chi connectivity index (χ4n) is 3.00. The van der Waals surface area contributed by atoms with Crippen LogP contribution in [0.1, 0.15) is 30.1 Å². The highest BCUT2D eigenvalue weighted by Crippen LogP contribution is 2.27. The molecular formula is C18H26Cl2FN3O2. The zero-order valence-electron chi connectivity index (χ0n) is 14.9. The van der Waals surface area contributed by atoms with Crippen LogP contribution in [0.5, 0.6) is 0 Å². The van der Waals surface area contributed by atoms with Crippen LogP contribution in [-0.2, 0) is 4.79 Å². The van der Waals surface area contributed by atoms with Gasteiger partial charge in [-0.3, -0.25) is 9.59 Å². The van der Waals surface area contributed by atoms with Crippen molar-refractivity contribution in [3.05, 3.63) is 29.6 Å². The van der Waals surface area contributed by atoms with Gasteiger partial charge in [-0.2, -0.15) is 0 Å². The number of Topliss-reactive ketones (excluding diaryl/α,β-unsaturated/α-hetero) is 1. The highest BCUT2D eigenvalue weighted by atomic mass is 35.5. The summed E-state index contributed by atoms with van der Waals surface area (Å²) in [6.07, 6.45) is 2.54. The number of anilines is 1. The quantitative estimate of drug-likeness (QED) is 0.738. The van der Waals surface area contributed by atoms with Gasteiger partial charge < -0.3 is 15.1 Å². The average Bonchev–Trinajstić information content (AvgIpc) is 3.39. The molecule has 1 aliphatic carbocycles. The molecule has 0 spiro atoms. The van der Waals surface area contributed by atoms with Gasteiger partial charge in [0.25, 0.3) is 0 Å². The van der Waals surface area contributed by atoms with Crippen LogP contribution in [0.2, 0.25) is 0 Å². The Morgan fingerprint density at radius 1 is 1.15 bits per heavy atom. The van der Waals surface area contributed by atoms with Crippen LogP contribution in [0.15, 0.2) is 18.2 Å². The minimum Gasteiger partial charge on any atom is -0.366 e. The summed E-state index contributed by atoms with van der Waals surface area (Å²) in [7, 11) is 0. The molecule has 0 bridgehead atoms. The summed E-state index contributed by atoms with van der Waals surface area (Å²) >= 11 is 0. The largest absolute Gasteiger partial charge is 0.366 e. The van der Waals surface area contributed by atoms with Gasteiger partial charge in [0, 0.05) is 31.7 Å². The van der Waals surface area contributed by atoms with Gasteiger partial charge in [0.15, 0.2) is 5.78 Å². The van der Waals surface area contributed by atoms with E-state index in [1.807, 2.05) is 9.80 Å². The topological polar surface area (TPSA) is 52.7 Å². The van der Waals surface area contributed by atoms with Crippen molar-refractivity contribution in [2.24, 2.45) is 5.92 Å². The predicted molar refractivity (Wildman–Crippen MR) is 105 cm³/mol. The number of hydrogen-bond acceptors (Lipinski definition) is 4. The van der Waals surface area contributed by atoms with Gasteiger partial charge in [-0.1, -0.05) is 0 Å². The van der Waals surface area contributed by atoms with Gasteiger partial charge in [-0.15, -0.1) is 24.8 Å². The molecule has 1 saturated carbocycles. The monoisotopic (exact) mass is 405 g/mol. The van der Waals surface area contributed by atoms with Crippen LogP contribution in [-0.4, -0.2) is 55.9 Å². The predicted octanol–water partition coefficient (Wildman–Crippen LogP) is 2.52. The van der Waals surface area contributed by atoms with Crippen molar-refractivity contribution in [1.29, 1.82) is 0 Å². The maximum Gasteiger partial charge on any atom is 0.236 e. The molecule has 5 nitrogen and oxygen atoms in total. The minimum atomic E-state index is -0.381. The maximum absolute atomic E-state index is 14.2. The summed E-state index contributed by atoms with van der Waals surface area (Å²) in [5.74, 6) is 0.349. The molecular weight excluding hydrogens is 380 g/mol. The lowest BCUT2D eigenvalue weighted by Crippen LogP contribution is -2.51. The van der Waals surface area contributed by atoms with Gasteiger partial charge in [-0.25, -0.2) is 4.39 Å². The number of rotatable bonds is 6. The molecule has 2 aliphatic rings. The van der Waals surface area contributed by atoms with Crippen LogP contribution in [0.3, 0.4) is 0 Å². The Bertz CT molecular complexity index is 633. The standard InChI is InChI=1S/C18H24FN3O2.2ClH/c1-13(23)15-4-5-17(16(19)10-15)21-6-8-22(9-7-21)18(24)12-20-11-14-2-3-14;;/h4-5,10,14,20H,2-3,6-9,11-12H2,1H3;2*1H. The second kappa shape index (κ2) is 10.1. The van der Waals surface area contributed by atoms with Crippen LogP contribution < -0.4 is 10.2 Å². The summed E-state index contributed by atoms with van der Waals surface area (Å²) < 4.78 is 14.2. The fourth-order valence-corrected chi connectivity index (χ4v) is 3.00. The molecule has 1 aliphatic heterocycles. The Morgan fingerprint density at radius 2 is 1.81 bits per heavy atom. The van der Waals surface area contributed by atoms with Crippen molar-refractivity contribution in [3.8, 4) is 0 Å². The Labute approximate surface area is 166 Å². The number of ketones is 1. The first kappa shape index (κ1) is 22.7. The van der Waals surface area contributed by atoms with E-state index in [-0.39, 0.29) is 42.3 Å². The van der Waals surface area contributed by atoms with Gasteiger partial charge in [0.05, 0.1) is 12.2 Å². The molecule has 0 atom stereocenters. The molecule has 2 fully saturated rings. The van der Waals surface area contributed by atoms with E-state index in [4.69, 9.17) is 0 Å². The average molecular weight is 406 g/mol. The number of carbonyl (C=O) groups excluding carboxylic acids is 2. The Kier molecular flexibility index (Phi) is 8.80. The zero-order valence-corrected chi connectivity index (χ0v) is 16.5. The number of halogens is 3. The lowest BCUT2D eigenvalue weighted by atomic mass is 10.1. The van der Waals surface area contributed by atoms with Gasteiger partial charge in [-0.05, 0) is 50.4 Å². The molecule has 146 valence electrons. The van der Waals surface area contributed by atoms with E-state index in [0.29, 0.717) is 44.0 Å². The normalized spacial score (nSPS) is 16.5. The fraction of sp³-hybridized carbons (Fsp3) is 0.556. The number of carbonyl (C=O) groups is 2. The van der Waals surface area contributed by atoms with Crippen LogP contribution in [0.25, 0.3) is 0 Å². The number of nitrogens with zero attached hydrogens (tertiary/aromatic N) is 2. The van der Waals surface area contributed by atoms with Gasteiger partial charge in [0.1, 0.15) is 5.82 Å². The highest BCUT2D eigenvalue weighted by Gasteiger charge is 2.24. The van der Waals surface area contributed by atoms with Crippen LogP contribution in [0.4, 0.5) is 10.1 Å². The molecule has 0 radical (unpaired) electrons. The third-order valence-electron chi connectivity index (χ3n) is 4.73. The van der Waals surface area contributed by atoms with Crippen LogP contribution >= 0.6 is 24.8 Å². The second-order valence-electron chi connectivity index (χ2n) is 6.66. The molecule has 1 aromatic carbocycles. The summed E-state index contributed by atoms with van der Waals surface area (Å²) in [5.41, 5.74) is 0.880. The van der Waals surface area contributed by atoms with Gasteiger partial charge in [0.2, 0.25) is 5.91 Å². The molecule has 1 heterocycles. The summed E-state index contributed by atoms with van der Waals surface area (Å²) in [6.45, 7) is 5.14. The molecule has 1 N–H and O–H groups in total. The van der Waals surface area contributed by atoms with Crippen molar-refractivity contribution < 1.29 is 14.0 Å². The van der Waals surface area contributed by atoms with E-state index in [0.717, 1.165) is 12.5 Å². The molecule has 0 unspecified atom stereocenters. The van der Waals surface area contributed by atoms with Crippen molar-refractivity contribution in [2.45, 2.75) is 19.8 Å². The minimum absolute atomic E-state index is 0. The Hall–Kier alpha value is -1.37. The van der Waals surface area contributed by atoms with E-state index < -0.39 is 0 Å². The third-order valence-corrected chi connectivity index (χ3v) is 4.73. The van der Waals surface area contributed by atoms with E-state index in [1.165, 1.54) is 25.8 Å². The third kappa shape index (κ3) is 5.83. The molecule has 3 rings (SSSR count). The highest BCUT2D eigenvalue weighted by molar-refractivity contribution is 5.94. The first-order chi connectivity index (χ1) is 11.5. The molecule has 26 heavy (non-hydrogen) atoms. The smallest absolute Gasteiger partial charge is 0.236 e. The van der Waals surface area contributed by atoms with Crippen LogP contribution in [0, 0.1) is 11.7 Å². The molecule has 1 saturated heterocycles. The summed E-state index contributed by atoms with van der Waals surface area (Å²) in [6, 6.07) is 4.60. The Balaban J connectivity index is 0.00000169. The molecule has 8 heteroatoms. The SMILES string of the molecule is CC(=O)c1ccc(N2CCN(C(=O)CNCC3CC3)CC2)c(F)c1.Cl.Cl. The van der Waals surface area contributed by atoms with E-state index in [9.17, 15) is 14.0 Å². The lowest BCUT2D eigenvalue weighted by molar-refractivity contribution is -0.130.